The summed E-state index contributed by atoms with van der Waals surface area (Å²) in [5.41, 5.74) is 3.62. The van der Waals surface area contributed by atoms with Crippen LogP contribution in [0, 0.1) is 6.92 Å². The van der Waals surface area contributed by atoms with E-state index in [1.54, 1.807) is 27.8 Å². The van der Waals surface area contributed by atoms with E-state index in [0.717, 1.165) is 48.1 Å². The Morgan fingerprint density at radius 3 is 2.40 bits per heavy atom. The van der Waals surface area contributed by atoms with Crippen LogP contribution in [-0.4, -0.2) is 70.7 Å². The number of carbonyl (C=O) groups excluding carboxylic acids is 2. The van der Waals surface area contributed by atoms with Crippen molar-refractivity contribution in [1.29, 1.82) is 0 Å². The number of nitrogens with one attached hydrogen (secondary N) is 1. The molecular weight excluding hydrogens is 738 g/mol. The number of fused-ring (bicyclic) bond motifs is 1. The van der Waals surface area contributed by atoms with Crippen molar-refractivity contribution in [2.24, 2.45) is 0 Å². The van der Waals surface area contributed by atoms with Crippen LogP contribution in [0.4, 0.5) is 5.69 Å². The number of thiophene rings is 1. The fourth-order valence-corrected chi connectivity index (χ4v) is 9.87. The third-order valence-electron chi connectivity index (χ3n) is 8.36. The number of aryl methyl sites for hydroxylation is 1. The van der Waals surface area contributed by atoms with Gasteiger partial charge in [-0.2, -0.15) is 5.10 Å². The Morgan fingerprint density at radius 2 is 1.77 bits per heavy atom. The molecule has 48 heavy (non-hydrogen) atoms. The minimum absolute atomic E-state index is 0.000731. The number of aliphatic hydroxyl groups is 1. The summed E-state index contributed by atoms with van der Waals surface area (Å²) in [6, 6.07) is 15.2. The van der Waals surface area contributed by atoms with Crippen molar-refractivity contribution in [3.05, 3.63) is 91.5 Å². The van der Waals surface area contributed by atoms with Crippen molar-refractivity contribution >= 4 is 66.4 Å². The molecule has 2 N–H and O–H groups in total. The Morgan fingerprint density at radius 1 is 1.08 bits per heavy atom. The van der Waals surface area contributed by atoms with Crippen LogP contribution in [0.2, 0.25) is 4.34 Å². The highest BCUT2D eigenvalue weighted by Gasteiger charge is 2.32. The molecular formula is C34H39BrClN5O5S2. The molecule has 1 aliphatic rings. The summed E-state index contributed by atoms with van der Waals surface area (Å²) in [5.74, 6) is -0.584. The zero-order valence-electron chi connectivity index (χ0n) is 27.1. The number of aliphatic hydroxyl groups excluding tert-OH is 1. The highest BCUT2D eigenvalue weighted by atomic mass is 79.9. The normalized spacial score (nSPS) is 14.5. The number of benzene rings is 2. The summed E-state index contributed by atoms with van der Waals surface area (Å²) in [5, 5.41) is 15.0. The quantitative estimate of drug-likeness (QED) is 0.150. The average molecular weight is 777 g/mol. The molecule has 2 aromatic carbocycles. The molecule has 1 atom stereocenters. The number of amides is 2. The van der Waals surface area contributed by atoms with E-state index >= 15 is 0 Å². The second-order valence-corrected chi connectivity index (χ2v) is 16.3. The minimum Gasteiger partial charge on any atom is -0.394 e. The van der Waals surface area contributed by atoms with Crippen molar-refractivity contribution in [3.8, 4) is 5.69 Å². The van der Waals surface area contributed by atoms with Crippen molar-refractivity contribution in [3.63, 3.8) is 0 Å². The van der Waals surface area contributed by atoms with Gasteiger partial charge >= 0.3 is 0 Å². The molecule has 10 nitrogen and oxygen atoms in total. The number of halogens is 2. The topological polar surface area (TPSA) is 125 Å². The number of anilines is 1. The lowest BCUT2D eigenvalue weighted by molar-refractivity contribution is 0.0544. The Bertz CT molecular complexity index is 1900. The molecule has 4 aromatic rings. The predicted octanol–water partition coefficient (Wildman–Crippen LogP) is 7.06. The van der Waals surface area contributed by atoms with Gasteiger partial charge in [-0.1, -0.05) is 62.6 Å². The van der Waals surface area contributed by atoms with Crippen molar-refractivity contribution in [2.45, 2.75) is 69.7 Å². The zero-order chi connectivity index (χ0) is 34.6. The smallest absolute Gasteiger partial charge is 0.274 e. The first-order chi connectivity index (χ1) is 23.0. The predicted molar refractivity (Wildman–Crippen MR) is 193 cm³/mol. The second kappa shape index (κ2) is 15.5. The van der Waals surface area contributed by atoms with Gasteiger partial charge in [-0.3, -0.25) is 14.3 Å². The van der Waals surface area contributed by atoms with E-state index in [-0.39, 0.29) is 40.2 Å². The largest absolute Gasteiger partial charge is 0.394 e. The molecule has 0 saturated heterocycles. The Hall–Kier alpha value is -3.23. The fraction of sp³-hybridized carbons (Fsp3) is 0.382. The second-order valence-electron chi connectivity index (χ2n) is 11.8. The van der Waals surface area contributed by atoms with Crippen molar-refractivity contribution in [1.82, 2.24) is 19.6 Å². The van der Waals surface area contributed by atoms with Crippen molar-refractivity contribution in [2.75, 3.05) is 24.4 Å². The molecule has 0 bridgehead atoms. The maximum atomic E-state index is 14.5. The average Bonchev–Trinajstić information content (AvgIpc) is 3.64. The molecule has 0 saturated carbocycles. The summed E-state index contributed by atoms with van der Waals surface area (Å²) >= 11 is 10.2. The van der Waals surface area contributed by atoms with Crippen LogP contribution in [-0.2, 0) is 23.0 Å². The summed E-state index contributed by atoms with van der Waals surface area (Å²) in [6.45, 7) is 7.25. The summed E-state index contributed by atoms with van der Waals surface area (Å²) < 4.78 is 31.5. The lowest BCUT2D eigenvalue weighted by Crippen LogP contribution is -2.46. The van der Waals surface area contributed by atoms with Gasteiger partial charge in [0.15, 0.2) is 9.90 Å². The van der Waals surface area contributed by atoms with Gasteiger partial charge in [-0.25, -0.2) is 13.1 Å². The maximum Gasteiger partial charge on any atom is 0.274 e. The maximum absolute atomic E-state index is 14.5. The third-order valence-corrected chi connectivity index (χ3v) is 12.7. The van der Waals surface area contributed by atoms with Gasteiger partial charge < -0.3 is 14.9 Å². The van der Waals surface area contributed by atoms with Gasteiger partial charge in [-0.15, -0.1) is 11.3 Å². The van der Waals surface area contributed by atoms with Gasteiger partial charge in [0.25, 0.3) is 21.8 Å². The Labute approximate surface area is 298 Å². The van der Waals surface area contributed by atoms with Gasteiger partial charge in [-0.05, 0) is 83.6 Å². The van der Waals surface area contributed by atoms with Crippen LogP contribution >= 0.6 is 38.9 Å². The highest BCUT2D eigenvalue weighted by molar-refractivity contribution is 9.10. The first kappa shape index (κ1) is 36.1. The number of sulfonamides is 1. The molecule has 256 valence electrons. The number of rotatable bonds is 13. The van der Waals surface area contributed by atoms with E-state index in [4.69, 9.17) is 16.7 Å². The van der Waals surface area contributed by atoms with E-state index in [9.17, 15) is 23.1 Å². The molecule has 2 amide bonds. The van der Waals surface area contributed by atoms with E-state index in [0.29, 0.717) is 39.7 Å². The fourth-order valence-electron chi connectivity index (χ4n) is 5.81. The molecule has 0 fully saturated rings. The molecule has 14 heteroatoms. The van der Waals surface area contributed by atoms with Gasteiger partial charge in [0.2, 0.25) is 0 Å². The van der Waals surface area contributed by atoms with E-state index in [2.05, 4.69) is 34.5 Å². The van der Waals surface area contributed by atoms with E-state index in [1.165, 1.54) is 12.1 Å². The van der Waals surface area contributed by atoms with Crippen molar-refractivity contribution < 1.29 is 23.1 Å². The number of hydrogen-bond acceptors (Lipinski definition) is 7. The first-order valence-corrected chi connectivity index (χ1v) is 19.4. The molecule has 1 aliphatic heterocycles. The number of nitrogens with zero attached hydrogens (tertiary/aromatic N) is 4. The lowest BCUT2D eigenvalue weighted by atomic mass is 9.93. The van der Waals surface area contributed by atoms with E-state index < -0.39 is 22.0 Å². The molecule has 3 heterocycles. The first-order valence-electron chi connectivity index (χ1n) is 15.9. The number of aromatic nitrogens is 2. The van der Waals surface area contributed by atoms with Crippen LogP contribution in [0.15, 0.2) is 63.3 Å². The number of hydrogen-bond donors (Lipinski definition) is 2. The Kier molecular flexibility index (Phi) is 11.7. The molecule has 0 aliphatic carbocycles. The van der Waals surface area contributed by atoms with Crippen LogP contribution in [0.1, 0.15) is 77.2 Å². The zero-order valence-corrected chi connectivity index (χ0v) is 31.1. The van der Waals surface area contributed by atoms with Crippen LogP contribution in [0.3, 0.4) is 0 Å². The third kappa shape index (κ3) is 7.81. The van der Waals surface area contributed by atoms with E-state index in [1.807, 2.05) is 36.1 Å². The SMILES string of the molecule is CCCCN(CCCC)C(=O)c1cc(C)n(-c2ccc(NS(=O)(=O)c3sc(Cl)cc3Br)cc2C(=O)N2Cc3ccccc3C[C@H]2CO)n1. The Balaban J connectivity index is 1.57. The minimum atomic E-state index is -4.06. The molecule has 0 spiro atoms. The van der Waals surface area contributed by atoms with Gasteiger partial charge in [0.1, 0.15) is 0 Å². The summed E-state index contributed by atoms with van der Waals surface area (Å²) in [7, 11) is -4.06. The standard InChI is InChI=1S/C34H39BrClN5O5S2/c1-4-6-14-39(15-7-5-2)33(44)29-16-22(3)41(37-29)30-13-12-25(38-48(45,46)34-28(35)19-31(36)47-34)18-27(30)32(43)40-20-24-11-9-8-10-23(24)17-26(40)21-42/h8-13,16,18-19,26,38,42H,4-7,14-15,17,20-21H2,1-3H3/t26-/m0/s1. The van der Waals surface area contributed by atoms with Crippen LogP contribution < -0.4 is 4.72 Å². The van der Waals surface area contributed by atoms with Crippen LogP contribution in [0.25, 0.3) is 5.69 Å². The number of unbranched alkanes of at least 4 members (excludes halogenated alkanes) is 2. The monoisotopic (exact) mass is 775 g/mol. The number of carbonyl (C=O) groups is 2. The van der Waals surface area contributed by atoms with Gasteiger partial charge in [0, 0.05) is 31.0 Å². The molecule has 5 rings (SSSR count). The molecule has 0 unspecified atom stereocenters. The summed E-state index contributed by atoms with van der Waals surface area (Å²) in [4.78, 5) is 31.6. The van der Waals surface area contributed by atoms with Gasteiger partial charge in [0.05, 0.1) is 32.7 Å². The molecule has 0 radical (unpaired) electrons. The molecule has 2 aromatic heterocycles. The van der Waals surface area contributed by atoms with Crippen LogP contribution in [0.5, 0.6) is 0 Å². The lowest BCUT2D eigenvalue weighted by Gasteiger charge is -2.36. The highest BCUT2D eigenvalue weighted by Crippen LogP contribution is 2.36. The summed E-state index contributed by atoms with van der Waals surface area (Å²) in [6.07, 6.45) is 4.14.